The van der Waals surface area contributed by atoms with Crippen molar-refractivity contribution in [1.29, 1.82) is 0 Å². The molecule has 7 heteroatoms. The minimum atomic E-state index is -0.551. The summed E-state index contributed by atoms with van der Waals surface area (Å²) in [7, 11) is 0. The molecule has 6 nitrogen and oxygen atoms in total. The fourth-order valence-electron chi connectivity index (χ4n) is 3.13. The summed E-state index contributed by atoms with van der Waals surface area (Å²) in [6.45, 7) is 10.1. The van der Waals surface area contributed by atoms with E-state index in [4.69, 9.17) is 18.9 Å². The van der Waals surface area contributed by atoms with Crippen LogP contribution in [0.25, 0.3) is 24.3 Å². The standard InChI is InChI=1S/C34H29FO6/c1-24(2)33(36)40-21-19-38-30-17-12-26(13-18-30)9-10-27-11-14-28(31(35)23-27)15-16-29-7-5-6-8-32(29)39-20-22-41-34(37)25(3)4/h5-23H,1,3H2,2,4H3/b10-9+,16-15+,21-19-,22-20-. The van der Waals surface area contributed by atoms with Crippen molar-refractivity contribution in [1.82, 2.24) is 0 Å². The fourth-order valence-corrected chi connectivity index (χ4v) is 3.13. The van der Waals surface area contributed by atoms with Crippen LogP contribution in [0.15, 0.2) is 116 Å². The Bertz CT molecular complexity index is 1530. The molecular weight excluding hydrogens is 523 g/mol. The number of benzene rings is 3. The lowest BCUT2D eigenvalue weighted by Gasteiger charge is -2.05. The SMILES string of the molecule is C=C(C)C(=O)O/C=C\Oc1ccc(/C=C/c2ccc(/C=C/c3ccccc3O/C=C\OC(=O)C(=C)C)c(F)c2)cc1. The number of carbonyl (C=O) groups excluding carboxylic acids is 2. The van der Waals surface area contributed by atoms with Crippen LogP contribution in [0.4, 0.5) is 4.39 Å². The maximum atomic E-state index is 14.8. The van der Waals surface area contributed by atoms with Crippen LogP contribution in [0.3, 0.4) is 0 Å². The topological polar surface area (TPSA) is 71.1 Å². The van der Waals surface area contributed by atoms with E-state index in [2.05, 4.69) is 13.2 Å². The second-order valence-electron chi connectivity index (χ2n) is 8.71. The maximum absolute atomic E-state index is 14.8. The number of para-hydroxylation sites is 1. The van der Waals surface area contributed by atoms with Crippen molar-refractivity contribution in [2.45, 2.75) is 13.8 Å². The van der Waals surface area contributed by atoms with Gasteiger partial charge < -0.3 is 18.9 Å². The molecule has 41 heavy (non-hydrogen) atoms. The highest BCUT2D eigenvalue weighted by atomic mass is 19.1. The summed E-state index contributed by atoms with van der Waals surface area (Å²) >= 11 is 0. The van der Waals surface area contributed by atoms with Gasteiger partial charge in [-0.05, 0) is 49.2 Å². The Labute approximate surface area is 238 Å². The van der Waals surface area contributed by atoms with Crippen LogP contribution in [0.2, 0.25) is 0 Å². The maximum Gasteiger partial charge on any atom is 0.338 e. The molecule has 0 atom stereocenters. The molecule has 0 spiro atoms. The molecular formula is C34H29FO6. The van der Waals surface area contributed by atoms with Crippen molar-refractivity contribution in [2.75, 3.05) is 0 Å². The van der Waals surface area contributed by atoms with Crippen molar-refractivity contribution < 1.29 is 32.9 Å². The first-order valence-electron chi connectivity index (χ1n) is 12.4. The second-order valence-corrected chi connectivity index (χ2v) is 8.71. The number of rotatable bonds is 12. The van der Waals surface area contributed by atoms with E-state index >= 15 is 0 Å². The lowest BCUT2D eigenvalue weighted by Crippen LogP contribution is -1.99. The summed E-state index contributed by atoms with van der Waals surface area (Å²) in [5.74, 6) is -0.400. The van der Waals surface area contributed by atoms with E-state index in [1.807, 2.05) is 36.4 Å². The fraction of sp³-hybridized carbons (Fsp3) is 0.0588. The van der Waals surface area contributed by atoms with Crippen molar-refractivity contribution in [3.63, 3.8) is 0 Å². The van der Waals surface area contributed by atoms with E-state index in [0.29, 0.717) is 33.8 Å². The Balaban J connectivity index is 1.59. The molecule has 0 unspecified atom stereocenters. The molecule has 0 aliphatic carbocycles. The molecule has 0 saturated heterocycles. The van der Waals surface area contributed by atoms with Crippen molar-refractivity contribution in [3.05, 3.63) is 144 Å². The molecule has 3 aromatic rings. The molecule has 0 radical (unpaired) electrons. The van der Waals surface area contributed by atoms with Crippen molar-refractivity contribution in [2.24, 2.45) is 0 Å². The van der Waals surface area contributed by atoms with Gasteiger partial charge in [-0.25, -0.2) is 14.0 Å². The first-order valence-corrected chi connectivity index (χ1v) is 12.4. The van der Waals surface area contributed by atoms with Gasteiger partial charge in [0.15, 0.2) is 0 Å². The van der Waals surface area contributed by atoms with Crippen LogP contribution in [0, 0.1) is 5.82 Å². The van der Waals surface area contributed by atoms with Gasteiger partial charge in [0.1, 0.15) is 42.4 Å². The number of halogens is 1. The predicted molar refractivity (Wildman–Crippen MR) is 158 cm³/mol. The van der Waals surface area contributed by atoms with Gasteiger partial charge in [-0.1, -0.05) is 79.9 Å². The molecule has 0 heterocycles. The average molecular weight is 553 g/mol. The minimum absolute atomic E-state index is 0.275. The molecule has 3 aromatic carbocycles. The normalized spacial score (nSPS) is 11.3. The van der Waals surface area contributed by atoms with Gasteiger partial charge in [-0.2, -0.15) is 0 Å². The molecule has 0 bridgehead atoms. The van der Waals surface area contributed by atoms with Gasteiger partial charge in [0.25, 0.3) is 0 Å². The van der Waals surface area contributed by atoms with Crippen LogP contribution < -0.4 is 9.47 Å². The number of hydrogen-bond acceptors (Lipinski definition) is 6. The Morgan fingerprint density at radius 3 is 1.85 bits per heavy atom. The monoisotopic (exact) mass is 552 g/mol. The van der Waals surface area contributed by atoms with E-state index in [9.17, 15) is 14.0 Å². The second kappa shape index (κ2) is 15.2. The number of ether oxygens (including phenoxy) is 4. The molecule has 0 aromatic heterocycles. The van der Waals surface area contributed by atoms with Gasteiger partial charge >= 0.3 is 11.9 Å². The zero-order valence-corrected chi connectivity index (χ0v) is 22.7. The summed E-state index contributed by atoms with van der Waals surface area (Å²) in [6.07, 6.45) is 11.8. The van der Waals surface area contributed by atoms with Gasteiger partial charge in [-0.3, -0.25) is 0 Å². The first kappa shape index (κ1) is 30.1. The number of esters is 2. The van der Waals surface area contributed by atoms with E-state index in [0.717, 1.165) is 18.1 Å². The minimum Gasteiger partial charge on any atom is -0.462 e. The third-order valence-electron chi connectivity index (χ3n) is 5.29. The molecule has 208 valence electrons. The zero-order chi connectivity index (χ0) is 29.6. The summed E-state index contributed by atoms with van der Waals surface area (Å²) in [4.78, 5) is 22.8. The Hall–Kier alpha value is -5.43. The smallest absolute Gasteiger partial charge is 0.338 e. The van der Waals surface area contributed by atoms with Crippen LogP contribution >= 0.6 is 0 Å². The summed E-state index contributed by atoms with van der Waals surface area (Å²) in [6, 6.07) is 19.3. The van der Waals surface area contributed by atoms with Gasteiger partial charge in [-0.15, -0.1) is 0 Å². The summed E-state index contributed by atoms with van der Waals surface area (Å²) in [5, 5.41) is 0. The Morgan fingerprint density at radius 1 is 0.659 bits per heavy atom. The third-order valence-corrected chi connectivity index (χ3v) is 5.29. The first-order chi connectivity index (χ1) is 19.7. The van der Waals surface area contributed by atoms with Crippen molar-refractivity contribution in [3.8, 4) is 11.5 Å². The molecule has 0 aliphatic heterocycles. The van der Waals surface area contributed by atoms with Crippen LogP contribution in [-0.4, -0.2) is 11.9 Å². The van der Waals surface area contributed by atoms with Gasteiger partial charge in [0.2, 0.25) is 0 Å². The Morgan fingerprint density at radius 2 is 1.22 bits per heavy atom. The zero-order valence-electron chi connectivity index (χ0n) is 22.7. The van der Waals surface area contributed by atoms with Crippen LogP contribution in [0.5, 0.6) is 11.5 Å². The molecule has 0 amide bonds. The predicted octanol–water partition coefficient (Wildman–Crippen LogP) is 8.11. The molecule has 0 fully saturated rings. The third kappa shape index (κ3) is 10.00. The van der Waals surface area contributed by atoms with Crippen molar-refractivity contribution >= 4 is 36.2 Å². The Kier molecular flexibility index (Phi) is 11.2. The summed E-state index contributed by atoms with van der Waals surface area (Å²) in [5.41, 5.74) is 3.27. The highest BCUT2D eigenvalue weighted by Crippen LogP contribution is 2.23. The van der Waals surface area contributed by atoms with E-state index < -0.39 is 11.9 Å². The lowest BCUT2D eigenvalue weighted by atomic mass is 10.1. The number of hydrogen-bond donors (Lipinski definition) is 0. The lowest BCUT2D eigenvalue weighted by molar-refractivity contribution is -0.134. The average Bonchev–Trinajstić information content (AvgIpc) is 2.96. The molecule has 0 N–H and O–H groups in total. The molecule has 0 aliphatic rings. The molecule has 0 saturated carbocycles. The van der Waals surface area contributed by atoms with Crippen LogP contribution in [0.1, 0.15) is 36.1 Å². The van der Waals surface area contributed by atoms with E-state index in [1.54, 1.807) is 62.4 Å². The molecule has 3 rings (SSSR count). The van der Waals surface area contributed by atoms with Crippen LogP contribution in [-0.2, 0) is 19.1 Å². The van der Waals surface area contributed by atoms with Gasteiger partial charge in [0, 0.05) is 22.3 Å². The van der Waals surface area contributed by atoms with Gasteiger partial charge in [0.05, 0.1) is 0 Å². The summed E-state index contributed by atoms with van der Waals surface area (Å²) < 4.78 is 35.4. The van der Waals surface area contributed by atoms with E-state index in [-0.39, 0.29) is 11.4 Å². The highest BCUT2D eigenvalue weighted by molar-refractivity contribution is 5.87. The largest absolute Gasteiger partial charge is 0.462 e. The van der Waals surface area contributed by atoms with E-state index in [1.165, 1.54) is 18.6 Å². The highest BCUT2D eigenvalue weighted by Gasteiger charge is 2.04. The number of carbonyl (C=O) groups is 2. The quantitative estimate of drug-likeness (QED) is 0.0978.